The van der Waals surface area contributed by atoms with Gasteiger partial charge in [-0.3, -0.25) is 4.98 Å². The smallest absolute Gasteiger partial charge is 0.149 e. The van der Waals surface area contributed by atoms with Gasteiger partial charge in [0.25, 0.3) is 0 Å². The van der Waals surface area contributed by atoms with Gasteiger partial charge in [0.1, 0.15) is 10.0 Å². The van der Waals surface area contributed by atoms with E-state index in [1.54, 1.807) is 12.4 Å². The number of rotatable bonds is 2. The number of halogens is 2. The Labute approximate surface area is 98.3 Å². The Bertz CT molecular complexity index is 446. The molecule has 72 valence electrons. The van der Waals surface area contributed by atoms with E-state index in [1.165, 1.54) is 11.3 Å². The third kappa shape index (κ3) is 2.10. The van der Waals surface area contributed by atoms with Crippen LogP contribution in [0.3, 0.4) is 0 Å². The number of hydrogen-bond acceptors (Lipinski definition) is 4. The highest BCUT2D eigenvalue weighted by Crippen LogP contribution is 2.25. The van der Waals surface area contributed by atoms with Gasteiger partial charge in [0.2, 0.25) is 0 Å². The van der Waals surface area contributed by atoms with E-state index in [1.807, 2.05) is 6.07 Å². The van der Waals surface area contributed by atoms with Crippen LogP contribution in [0.4, 0.5) is 0 Å². The first kappa shape index (κ1) is 10.0. The topological polar surface area (TPSA) is 38.7 Å². The molecule has 0 N–H and O–H groups in total. The van der Waals surface area contributed by atoms with Crippen molar-refractivity contribution in [1.82, 2.24) is 15.2 Å². The third-order valence-corrected chi connectivity index (χ3v) is 3.35. The number of hydrogen-bond donors (Lipinski definition) is 0. The molecule has 0 bridgehead atoms. The van der Waals surface area contributed by atoms with Crippen molar-refractivity contribution in [3.63, 3.8) is 0 Å². The highest BCUT2D eigenvalue weighted by atomic mass is 79.9. The van der Waals surface area contributed by atoms with E-state index < -0.39 is 0 Å². The molecule has 2 heterocycles. The molecule has 3 nitrogen and oxygen atoms in total. The van der Waals surface area contributed by atoms with Gasteiger partial charge in [-0.25, -0.2) is 0 Å². The molecule has 0 unspecified atom stereocenters. The zero-order chi connectivity index (χ0) is 9.97. The van der Waals surface area contributed by atoms with Crippen LogP contribution in [0, 0.1) is 0 Å². The Morgan fingerprint density at radius 2 is 2.21 bits per heavy atom. The molecule has 0 saturated carbocycles. The molecule has 0 amide bonds. The van der Waals surface area contributed by atoms with E-state index in [9.17, 15) is 0 Å². The van der Waals surface area contributed by atoms with Gasteiger partial charge in [0.15, 0.2) is 0 Å². The summed E-state index contributed by atoms with van der Waals surface area (Å²) in [6, 6.07) is 1.95. The minimum absolute atomic E-state index is 0.402. The van der Waals surface area contributed by atoms with Crippen molar-refractivity contribution in [1.29, 1.82) is 0 Å². The van der Waals surface area contributed by atoms with Crippen LogP contribution in [0.2, 0.25) is 0 Å². The van der Waals surface area contributed by atoms with E-state index in [4.69, 9.17) is 11.6 Å². The fourth-order valence-corrected chi connectivity index (χ4v) is 2.21. The molecule has 2 rings (SSSR count). The summed E-state index contributed by atoms with van der Waals surface area (Å²) < 4.78 is 0.928. The van der Waals surface area contributed by atoms with Crippen molar-refractivity contribution in [3.05, 3.63) is 27.9 Å². The van der Waals surface area contributed by atoms with Crippen molar-refractivity contribution in [2.24, 2.45) is 0 Å². The van der Waals surface area contributed by atoms with Crippen LogP contribution in [0.15, 0.2) is 22.9 Å². The molecule has 6 heteroatoms. The molecule has 0 aliphatic carbocycles. The molecule has 0 fully saturated rings. The Balaban J connectivity index is 2.39. The lowest BCUT2D eigenvalue weighted by Crippen LogP contribution is -1.79. The zero-order valence-corrected chi connectivity index (χ0v) is 10.1. The SMILES string of the molecule is ClCc1nnc(-c2cncc(Br)c2)s1. The summed E-state index contributed by atoms with van der Waals surface area (Å²) in [6.45, 7) is 0. The molecule has 0 spiro atoms. The maximum atomic E-state index is 5.64. The van der Waals surface area contributed by atoms with Crippen LogP contribution in [0.25, 0.3) is 10.6 Å². The molecule has 0 aromatic carbocycles. The molecular formula is C8H5BrClN3S. The fourth-order valence-electron chi connectivity index (χ4n) is 0.953. The summed E-state index contributed by atoms with van der Waals surface area (Å²) >= 11 is 10.5. The van der Waals surface area contributed by atoms with Gasteiger partial charge in [0.05, 0.1) is 5.88 Å². The average Bonchev–Trinajstić information content (AvgIpc) is 2.66. The van der Waals surface area contributed by atoms with Gasteiger partial charge in [-0.05, 0) is 22.0 Å². The molecule has 14 heavy (non-hydrogen) atoms. The lowest BCUT2D eigenvalue weighted by atomic mass is 10.3. The average molecular weight is 291 g/mol. The monoisotopic (exact) mass is 289 g/mol. The van der Waals surface area contributed by atoms with Crippen molar-refractivity contribution < 1.29 is 0 Å². The number of pyridine rings is 1. The molecule has 0 atom stereocenters. The standard InChI is InChI=1S/C8H5BrClN3S/c9-6-1-5(3-11-4-6)8-13-12-7(2-10)14-8/h1,3-4H,2H2. The van der Waals surface area contributed by atoms with Gasteiger partial charge in [-0.2, -0.15) is 0 Å². The molecule has 2 aromatic rings. The first-order valence-electron chi connectivity index (χ1n) is 3.79. The predicted octanol–water partition coefficient (Wildman–Crippen LogP) is 3.10. The second-order valence-corrected chi connectivity index (χ2v) is 4.77. The minimum Gasteiger partial charge on any atom is -0.263 e. The molecular weight excluding hydrogens is 286 g/mol. The highest BCUT2D eigenvalue weighted by molar-refractivity contribution is 9.10. The number of alkyl halides is 1. The van der Waals surface area contributed by atoms with E-state index in [-0.39, 0.29) is 0 Å². The van der Waals surface area contributed by atoms with E-state index in [2.05, 4.69) is 31.1 Å². The summed E-state index contributed by atoms with van der Waals surface area (Å²) in [6.07, 6.45) is 3.48. The lowest BCUT2D eigenvalue weighted by Gasteiger charge is -1.93. The normalized spacial score (nSPS) is 10.4. The van der Waals surface area contributed by atoms with Crippen molar-refractivity contribution >= 4 is 38.9 Å². The maximum absolute atomic E-state index is 5.64. The Morgan fingerprint density at radius 3 is 2.86 bits per heavy atom. The van der Waals surface area contributed by atoms with E-state index in [0.29, 0.717) is 5.88 Å². The van der Waals surface area contributed by atoms with Crippen LogP contribution in [0.5, 0.6) is 0 Å². The third-order valence-electron chi connectivity index (χ3n) is 1.53. The van der Waals surface area contributed by atoms with Gasteiger partial charge in [-0.1, -0.05) is 11.3 Å². The van der Waals surface area contributed by atoms with Crippen LogP contribution in [-0.4, -0.2) is 15.2 Å². The van der Waals surface area contributed by atoms with Gasteiger partial charge in [-0.15, -0.1) is 21.8 Å². The summed E-state index contributed by atoms with van der Waals surface area (Å²) in [7, 11) is 0. The highest BCUT2D eigenvalue weighted by Gasteiger charge is 2.06. The minimum atomic E-state index is 0.402. The number of nitrogens with zero attached hydrogens (tertiary/aromatic N) is 3. The van der Waals surface area contributed by atoms with Gasteiger partial charge in [0, 0.05) is 22.4 Å². The van der Waals surface area contributed by atoms with Crippen molar-refractivity contribution in [3.8, 4) is 10.6 Å². The maximum Gasteiger partial charge on any atom is 0.149 e. The van der Waals surface area contributed by atoms with Crippen LogP contribution in [0.1, 0.15) is 5.01 Å². The molecule has 0 aliphatic heterocycles. The number of aromatic nitrogens is 3. The summed E-state index contributed by atoms with van der Waals surface area (Å²) in [4.78, 5) is 4.05. The Morgan fingerprint density at radius 1 is 1.36 bits per heavy atom. The molecule has 0 radical (unpaired) electrons. The van der Waals surface area contributed by atoms with Gasteiger partial charge < -0.3 is 0 Å². The van der Waals surface area contributed by atoms with Crippen molar-refractivity contribution in [2.75, 3.05) is 0 Å². The fraction of sp³-hybridized carbons (Fsp3) is 0.125. The second-order valence-electron chi connectivity index (χ2n) is 2.53. The molecule has 2 aromatic heterocycles. The zero-order valence-electron chi connectivity index (χ0n) is 6.94. The Kier molecular flexibility index (Phi) is 3.10. The predicted molar refractivity (Wildman–Crippen MR) is 60.4 cm³/mol. The lowest BCUT2D eigenvalue weighted by molar-refractivity contribution is 1.04. The second kappa shape index (κ2) is 4.33. The first-order valence-corrected chi connectivity index (χ1v) is 5.93. The molecule has 0 aliphatic rings. The Hall–Kier alpha value is -0.520. The summed E-state index contributed by atoms with van der Waals surface area (Å²) in [5, 5.41) is 9.62. The van der Waals surface area contributed by atoms with E-state index in [0.717, 1.165) is 20.1 Å². The summed E-state index contributed by atoms with van der Waals surface area (Å²) in [5.41, 5.74) is 0.952. The quantitative estimate of drug-likeness (QED) is 0.798. The molecule has 0 saturated heterocycles. The van der Waals surface area contributed by atoms with Crippen LogP contribution >= 0.6 is 38.9 Å². The largest absolute Gasteiger partial charge is 0.263 e. The van der Waals surface area contributed by atoms with E-state index >= 15 is 0 Å². The first-order chi connectivity index (χ1) is 6.79. The van der Waals surface area contributed by atoms with Crippen LogP contribution in [-0.2, 0) is 5.88 Å². The van der Waals surface area contributed by atoms with Crippen molar-refractivity contribution in [2.45, 2.75) is 5.88 Å². The summed E-state index contributed by atoms with van der Waals surface area (Å²) in [5.74, 6) is 0.402. The van der Waals surface area contributed by atoms with Gasteiger partial charge >= 0.3 is 0 Å². The van der Waals surface area contributed by atoms with Crippen LogP contribution < -0.4 is 0 Å².